The van der Waals surface area contributed by atoms with Gasteiger partial charge in [0.2, 0.25) is 5.91 Å². The van der Waals surface area contributed by atoms with Crippen molar-refractivity contribution in [3.63, 3.8) is 0 Å². The summed E-state index contributed by atoms with van der Waals surface area (Å²) in [6.45, 7) is 1.43. The van der Waals surface area contributed by atoms with Crippen LogP contribution in [0.4, 0.5) is 13.2 Å². The molecule has 0 radical (unpaired) electrons. The zero-order chi connectivity index (χ0) is 18.8. The van der Waals surface area contributed by atoms with Crippen molar-refractivity contribution in [3.05, 3.63) is 41.0 Å². The van der Waals surface area contributed by atoms with Gasteiger partial charge in [-0.1, -0.05) is 11.8 Å². The average molecular weight is 385 g/mol. The maximum absolute atomic E-state index is 13.7. The number of halogens is 3. The molecule has 0 unspecified atom stereocenters. The molecule has 0 saturated heterocycles. The standard InChI is InChI=1S/C16H18F3N5OS/c1-26-16-22-21-14-8-23(2-3-24(14)16)15(25)6-10(20)4-9-5-12(18)13(19)7-11(9)17/h5,7,10H,2-4,6,8,20H2,1H3/t10-/m1/s1. The molecule has 10 heteroatoms. The fraction of sp³-hybridized carbons (Fsp3) is 0.438. The van der Waals surface area contributed by atoms with E-state index < -0.39 is 23.5 Å². The van der Waals surface area contributed by atoms with Crippen LogP contribution in [0.25, 0.3) is 0 Å². The van der Waals surface area contributed by atoms with Gasteiger partial charge in [-0.2, -0.15) is 0 Å². The van der Waals surface area contributed by atoms with E-state index in [1.54, 1.807) is 4.90 Å². The van der Waals surface area contributed by atoms with Crippen molar-refractivity contribution in [1.82, 2.24) is 19.7 Å². The monoisotopic (exact) mass is 385 g/mol. The number of carbonyl (C=O) groups is 1. The molecule has 6 nitrogen and oxygen atoms in total. The topological polar surface area (TPSA) is 77.0 Å². The molecule has 2 N–H and O–H groups in total. The molecule has 0 bridgehead atoms. The Hall–Kier alpha value is -2.07. The lowest BCUT2D eigenvalue weighted by Gasteiger charge is -2.28. The summed E-state index contributed by atoms with van der Waals surface area (Å²) >= 11 is 1.49. The number of nitrogens with two attached hydrogens (primary N) is 1. The molecule has 3 rings (SSSR count). The third-order valence-corrected chi connectivity index (χ3v) is 4.93. The van der Waals surface area contributed by atoms with Crippen LogP contribution in [0, 0.1) is 17.5 Å². The Balaban J connectivity index is 1.60. The van der Waals surface area contributed by atoms with E-state index in [2.05, 4.69) is 10.2 Å². The highest BCUT2D eigenvalue weighted by Gasteiger charge is 2.25. The Morgan fingerprint density at radius 2 is 1.96 bits per heavy atom. The summed E-state index contributed by atoms with van der Waals surface area (Å²) in [4.78, 5) is 14.1. The van der Waals surface area contributed by atoms with Crippen LogP contribution in [0.15, 0.2) is 17.3 Å². The first-order valence-electron chi connectivity index (χ1n) is 8.02. The number of rotatable bonds is 5. The van der Waals surface area contributed by atoms with E-state index >= 15 is 0 Å². The van der Waals surface area contributed by atoms with Gasteiger partial charge in [0.15, 0.2) is 22.6 Å². The predicted molar refractivity (Wildman–Crippen MR) is 89.8 cm³/mol. The van der Waals surface area contributed by atoms with Crippen molar-refractivity contribution in [2.75, 3.05) is 12.8 Å². The number of carbonyl (C=O) groups excluding carboxylic acids is 1. The van der Waals surface area contributed by atoms with Crippen LogP contribution in [0.2, 0.25) is 0 Å². The van der Waals surface area contributed by atoms with Gasteiger partial charge in [-0.3, -0.25) is 4.79 Å². The van der Waals surface area contributed by atoms with Gasteiger partial charge >= 0.3 is 0 Å². The molecule has 2 aromatic rings. The van der Waals surface area contributed by atoms with Gasteiger partial charge in [0.1, 0.15) is 5.82 Å². The van der Waals surface area contributed by atoms with Crippen LogP contribution in [-0.2, 0) is 24.3 Å². The minimum Gasteiger partial charge on any atom is -0.333 e. The van der Waals surface area contributed by atoms with E-state index in [4.69, 9.17) is 5.73 Å². The number of thioether (sulfide) groups is 1. The van der Waals surface area contributed by atoms with Crippen molar-refractivity contribution in [1.29, 1.82) is 0 Å². The highest BCUT2D eigenvalue weighted by molar-refractivity contribution is 7.98. The molecule has 1 atom stereocenters. The van der Waals surface area contributed by atoms with E-state index in [0.29, 0.717) is 31.5 Å². The van der Waals surface area contributed by atoms with Crippen LogP contribution in [-0.4, -0.2) is 44.4 Å². The molecule has 140 valence electrons. The van der Waals surface area contributed by atoms with Crippen LogP contribution >= 0.6 is 11.8 Å². The smallest absolute Gasteiger partial charge is 0.224 e. The van der Waals surface area contributed by atoms with Gasteiger partial charge in [0.05, 0.1) is 6.54 Å². The average Bonchev–Trinajstić information content (AvgIpc) is 3.01. The van der Waals surface area contributed by atoms with Crippen molar-refractivity contribution < 1.29 is 18.0 Å². The summed E-state index contributed by atoms with van der Waals surface area (Å²) < 4.78 is 41.9. The van der Waals surface area contributed by atoms with Gasteiger partial charge < -0.3 is 15.2 Å². The number of amides is 1. The van der Waals surface area contributed by atoms with E-state index in [1.807, 2.05) is 10.8 Å². The highest BCUT2D eigenvalue weighted by atomic mass is 32.2. The molecule has 1 aliphatic heterocycles. The summed E-state index contributed by atoms with van der Waals surface area (Å²) in [7, 11) is 0. The van der Waals surface area contributed by atoms with Gasteiger partial charge in [-0.05, 0) is 24.3 Å². The summed E-state index contributed by atoms with van der Waals surface area (Å²) in [6, 6.07) is 0.561. The normalized spacial score (nSPS) is 15.0. The Morgan fingerprint density at radius 3 is 2.69 bits per heavy atom. The Bertz CT molecular complexity index is 828. The molecule has 0 spiro atoms. The number of benzene rings is 1. The van der Waals surface area contributed by atoms with Crippen LogP contribution < -0.4 is 5.73 Å². The molecular weight excluding hydrogens is 367 g/mol. The lowest BCUT2D eigenvalue weighted by Crippen LogP contribution is -2.41. The quantitative estimate of drug-likeness (QED) is 0.627. The first kappa shape index (κ1) is 18.7. The largest absolute Gasteiger partial charge is 0.333 e. The molecule has 1 aromatic heterocycles. The predicted octanol–water partition coefficient (Wildman–Crippen LogP) is 1.72. The number of hydrogen-bond acceptors (Lipinski definition) is 5. The van der Waals surface area contributed by atoms with E-state index in [-0.39, 0.29) is 24.3 Å². The lowest BCUT2D eigenvalue weighted by molar-refractivity contribution is -0.133. The second-order valence-electron chi connectivity index (χ2n) is 6.10. The maximum Gasteiger partial charge on any atom is 0.224 e. The minimum atomic E-state index is -1.25. The molecule has 0 fully saturated rings. The minimum absolute atomic E-state index is 0.0258. The molecule has 0 saturated carbocycles. The highest BCUT2D eigenvalue weighted by Crippen LogP contribution is 2.20. The van der Waals surface area contributed by atoms with Crippen molar-refractivity contribution >= 4 is 17.7 Å². The van der Waals surface area contributed by atoms with Crippen molar-refractivity contribution in [3.8, 4) is 0 Å². The summed E-state index contributed by atoms with van der Waals surface area (Å²) in [5.74, 6) is -2.75. The number of hydrogen-bond donors (Lipinski definition) is 1. The lowest BCUT2D eigenvalue weighted by atomic mass is 10.0. The van der Waals surface area contributed by atoms with Crippen LogP contribution in [0.3, 0.4) is 0 Å². The number of nitrogens with zero attached hydrogens (tertiary/aromatic N) is 4. The van der Waals surface area contributed by atoms with Gasteiger partial charge in [-0.25, -0.2) is 13.2 Å². The second-order valence-corrected chi connectivity index (χ2v) is 6.87. The summed E-state index contributed by atoms with van der Waals surface area (Å²) in [5.41, 5.74) is 5.87. The molecule has 1 aromatic carbocycles. The fourth-order valence-corrected chi connectivity index (χ4v) is 3.46. The molecule has 1 amide bonds. The van der Waals surface area contributed by atoms with Gasteiger partial charge in [0, 0.05) is 31.6 Å². The van der Waals surface area contributed by atoms with Crippen LogP contribution in [0.1, 0.15) is 17.8 Å². The SMILES string of the molecule is CSc1nnc2n1CCN(C(=O)C[C@H](N)Cc1cc(F)c(F)cc1F)C2. The van der Waals surface area contributed by atoms with E-state index in [0.717, 1.165) is 11.2 Å². The molecule has 26 heavy (non-hydrogen) atoms. The number of aromatic nitrogens is 3. The van der Waals surface area contributed by atoms with Gasteiger partial charge in [0.25, 0.3) is 0 Å². The Morgan fingerprint density at radius 1 is 1.23 bits per heavy atom. The Labute approximate surface area is 152 Å². The second kappa shape index (κ2) is 7.67. The van der Waals surface area contributed by atoms with Crippen molar-refractivity contribution in [2.45, 2.75) is 37.1 Å². The fourth-order valence-electron chi connectivity index (χ4n) is 2.92. The first-order valence-corrected chi connectivity index (χ1v) is 9.24. The van der Waals surface area contributed by atoms with E-state index in [9.17, 15) is 18.0 Å². The van der Waals surface area contributed by atoms with Gasteiger partial charge in [-0.15, -0.1) is 10.2 Å². The summed E-state index contributed by atoms with van der Waals surface area (Å²) in [5, 5.41) is 8.94. The zero-order valence-electron chi connectivity index (χ0n) is 14.1. The number of fused-ring (bicyclic) bond motifs is 1. The Kier molecular flexibility index (Phi) is 5.52. The van der Waals surface area contributed by atoms with E-state index in [1.165, 1.54) is 11.8 Å². The summed E-state index contributed by atoms with van der Waals surface area (Å²) in [6.07, 6.45) is 1.82. The zero-order valence-corrected chi connectivity index (χ0v) is 14.9. The maximum atomic E-state index is 13.7. The molecule has 0 aliphatic carbocycles. The third kappa shape index (κ3) is 3.85. The molecule has 1 aliphatic rings. The van der Waals surface area contributed by atoms with Crippen molar-refractivity contribution in [2.24, 2.45) is 5.73 Å². The first-order chi connectivity index (χ1) is 12.4. The van der Waals surface area contributed by atoms with Crippen LogP contribution in [0.5, 0.6) is 0 Å². The molecule has 2 heterocycles. The molecular formula is C16H18F3N5OS. The third-order valence-electron chi connectivity index (χ3n) is 4.26.